The summed E-state index contributed by atoms with van der Waals surface area (Å²) < 4.78 is 5.64. The van der Waals surface area contributed by atoms with Crippen molar-refractivity contribution in [1.29, 1.82) is 0 Å². The minimum atomic E-state index is -0.563. The van der Waals surface area contributed by atoms with Crippen molar-refractivity contribution < 1.29 is 9.84 Å². The van der Waals surface area contributed by atoms with E-state index in [4.69, 9.17) is 39.5 Å². The molecule has 0 saturated carbocycles. The van der Waals surface area contributed by atoms with Gasteiger partial charge in [0.15, 0.2) is 0 Å². The van der Waals surface area contributed by atoms with Gasteiger partial charge in [-0.3, -0.25) is 0 Å². The number of hydrogen-bond donors (Lipinski definition) is 1. The maximum Gasteiger partial charge on any atom is 0.138 e. The van der Waals surface area contributed by atoms with Crippen molar-refractivity contribution in [2.45, 2.75) is 19.6 Å². The van der Waals surface area contributed by atoms with Gasteiger partial charge in [0.25, 0.3) is 0 Å². The van der Waals surface area contributed by atoms with Gasteiger partial charge in [-0.25, -0.2) is 0 Å². The Hall–Kier alpha value is -0.930. The second-order valence-electron chi connectivity index (χ2n) is 4.39. The highest BCUT2D eigenvalue weighted by Crippen LogP contribution is 2.29. The highest BCUT2D eigenvalue weighted by atomic mass is 35.5. The van der Waals surface area contributed by atoms with E-state index in [1.807, 2.05) is 6.07 Å². The molecule has 0 aliphatic carbocycles. The van der Waals surface area contributed by atoms with Crippen LogP contribution in [0.5, 0.6) is 5.75 Å². The summed E-state index contributed by atoms with van der Waals surface area (Å²) >= 11 is 18.0. The molecule has 0 spiro atoms. The summed E-state index contributed by atoms with van der Waals surface area (Å²) in [5.74, 6) is 0.544. The van der Waals surface area contributed by atoms with E-state index in [1.165, 1.54) is 0 Å². The highest BCUT2D eigenvalue weighted by Gasteiger charge is 2.08. The Morgan fingerprint density at radius 3 is 2.40 bits per heavy atom. The minimum Gasteiger partial charge on any atom is -0.487 e. The molecule has 5 heteroatoms. The van der Waals surface area contributed by atoms with Crippen molar-refractivity contribution in [3.05, 3.63) is 62.6 Å². The first-order valence-electron chi connectivity index (χ1n) is 6.01. The first-order chi connectivity index (χ1) is 9.47. The van der Waals surface area contributed by atoms with Crippen LogP contribution in [0.1, 0.15) is 24.2 Å². The number of rotatable bonds is 4. The third-order valence-corrected chi connectivity index (χ3v) is 3.72. The minimum absolute atomic E-state index is 0.295. The van der Waals surface area contributed by atoms with E-state index in [0.717, 1.165) is 11.1 Å². The van der Waals surface area contributed by atoms with Gasteiger partial charge in [-0.05, 0) is 36.8 Å². The molecule has 0 unspecified atom stereocenters. The van der Waals surface area contributed by atoms with Crippen LogP contribution >= 0.6 is 34.8 Å². The van der Waals surface area contributed by atoms with Crippen molar-refractivity contribution in [3.8, 4) is 5.75 Å². The summed E-state index contributed by atoms with van der Waals surface area (Å²) in [4.78, 5) is 0. The molecule has 0 bridgehead atoms. The molecule has 0 heterocycles. The van der Waals surface area contributed by atoms with Gasteiger partial charge in [0.2, 0.25) is 0 Å². The molecular weight excluding hydrogens is 319 g/mol. The number of aliphatic hydroxyl groups is 1. The molecule has 1 atom stereocenters. The topological polar surface area (TPSA) is 29.5 Å². The Balaban J connectivity index is 2.11. The quantitative estimate of drug-likeness (QED) is 0.826. The second kappa shape index (κ2) is 6.68. The average Bonchev–Trinajstić information content (AvgIpc) is 2.38. The molecule has 0 amide bonds. The number of benzene rings is 2. The van der Waals surface area contributed by atoms with Gasteiger partial charge in [-0.2, -0.15) is 0 Å². The fourth-order valence-electron chi connectivity index (χ4n) is 1.69. The van der Waals surface area contributed by atoms with E-state index < -0.39 is 6.10 Å². The lowest BCUT2D eigenvalue weighted by Crippen LogP contribution is -1.98. The molecule has 0 aromatic heterocycles. The van der Waals surface area contributed by atoms with Crippen LogP contribution < -0.4 is 4.74 Å². The first-order valence-corrected chi connectivity index (χ1v) is 7.15. The van der Waals surface area contributed by atoms with Gasteiger partial charge < -0.3 is 9.84 Å². The van der Waals surface area contributed by atoms with Gasteiger partial charge in [0.1, 0.15) is 12.4 Å². The largest absolute Gasteiger partial charge is 0.487 e. The molecule has 0 fully saturated rings. The lowest BCUT2D eigenvalue weighted by Gasteiger charge is -2.11. The second-order valence-corrected chi connectivity index (χ2v) is 5.64. The molecule has 20 heavy (non-hydrogen) atoms. The monoisotopic (exact) mass is 330 g/mol. The standard InChI is InChI=1S/C15H13Cl3O2/c1-9(19)10-3-5-15(14(18)6-10)20-8-11-2-4-12(16)7-13(11)17/h2-7,9,19H,8H2,1H3/t9-/m1/s1. The molecule has 2 aromatic rings. The van der Waals surface area contributed by atoms with Crippen LogP contribution in [0.2, 0.25) is 15.1 Å². The van der Waals surface area contributed by atoms with Crippen molar-refractivity contribution in [2.75, 3.05) is 0 Å². The zero-order valence-corrected chi connectivity index (χ0v) is 13.0. The van der Waals surface area contributed by atoms with Crippen LogP contribution in [0.15, 0.2) is 36.4 Å². The summed E-state index contributed by atoms with van der Waals surface area (Å²) in [6.45, 7) is 1.98. The third-order valence-electron chi connectivity index (χ3n) is 2.84. The van der Waals surface area contributed by atoms with Crippen molar-refractivity contribution in [1.82, 2.24) is 0 Å². The fraction of sp³-hybridized carbons (Fsp3) is 0.200. The predicted molar refractivity (Wildman–Crippen MR) is 82.9 cm³/mol. The Morgan fingerprint density at radius 2 is 1.80 bits per heavy atom. The molecule has 1 N–H and O–H groups in total. The summed E-state index contributed by atoms with van der Waals surface area (Å²) in [6.07, 6.45) is -0.563. The summed E-state index contributed by atoms with van der Waals surface area (Å²) in [6, 6.07) is 10.4. The van der Waals surface area contributed by atoms with Gasteiger partial charge in [-0.1, -0.05) is 46.9 Å². The Kier molecular flexibility index (Phi) is 5.17. The van der Waals surface area contributed by atoms with Crippen LogP contribution in [0.4, 0.5) is 0 Å². The lowest BCUT2D eigenvalue weighted by atomic mass is 10.1. The van der Waals surface area contributed by atoms with Gasteiger partial charge >= 0.3 is 0 Å². The van der Waals surface area contributed by atoms with Gasteiger partial charge in [0, 0.05) is 15.6 Å². The van der Waals surface area contributed by atoms with E-state index in [0.29, 0.717) is 27.4 Å². The molecule has 2 aromatic carbocycles. The molecule has 2 nitrogen and oxygen atoms in total. The molecule has 0 radical (unpaired) electrons. The zero-order chi connectivity index (χ0) is 14.7. The molecule has 0 aliphatic heterocycles. The van der Waals surface area contributed by atoms with Crippen molar-refractivity contribution >= 4 is 34.8 Å². The highest BCUT2D eigenvalue weighted by molar-refractivity contribution is 6.35. The molecule has 0 aliphatic rings. The summed E-state index contributed by atoms with van der Waals surface area (Å²) in [5, 5.41) is 11.1. The zero-order valence-electron chi connectivity index (χ0n) is 10.7. The predicted octanol–water partition coefficient (Wildman–Crippen LogP) is 5.28. The number of halogens is 3. The van der Waals surface area contributed by atoms with E-state index in [9.17, 15) is 5.11 Å². The van der Waals surface area contributed by atoms with Gasteiger partial charge in [0.05, 0.1) is 11.1 Å². The van der Waals surface area contributed by atoms with E-state index in [1.54, 1.807) is 37.3 Å². The van der Waals surface area contributed by atoms with Crippen molar-refractivity contribution in [3.63, 3.8) is 0 Å². The van der Waals surface area contributed by atoms with Crippen LogP contribution in [-0.2, 0) is 6.61 Å². The Labute approximate surface area is 132 Å². The molecule has 0 saturated heterocycles. The van der Waals surface area contributed by atoms with E-state index in [2.05, 4.69) is 0 Å². The number of ether oxygens (including phenoxy) is 1. The summed E-state index contributed by atoms with van der Waals surface area (Å²) in [5.41, 5.74) is 1.57. The van der Waals surface area contributed by atoms with E-state index >= 15 is 0 Å². The summed E-state index contributed by atoms with van der Waals surface area (Å²) in [7, 11) is 0. The van der Waals surface area contributed by atoms with E-state index in [-0.39, 0.29) is 0 Å². The molecule has 106 valence electrons. The Bertz CT molecular complexity index is 612. The van der Waals surface area contributed by atoms with Crippen molar-refractivity contribution in [2.24, 2.45) is 0 Å². The van der Waals surface area contributed by atoms with Gasteiger partial charge in [-0.15, -0.1) is 0 Å². The average molecular weight is 332 g/mol. The van der Waals surface area contributed by atoms with Crippen LogP contribution in [0.25, 0.3) is 0 Å². The maximum atomic E-state index is 9.48. The smallest absolute Gasteiger partial charge is 0.138 e. The maximum absolute atomic E-state index is 9.48. The normalized spacial score (nSPS) is 12.2. The Morgan fingerprint density at radius 1 is 1.05 bits per heavy atom. The first kappa shape index (κ1) is 15.5. The number of aliphatic hydroxyl groups excluding tert-OH is 1. The van der Waals surface area contributed by atoms with Crippen LogP contribution in [-0.4, -0.2) is 5.11 Å². The fourth-order valence-corrected chi connectivity index (χ4v) is 2.39. The van der Waals surface area contributed by atoms with Crippen LogP contribution in [0, 0.1) is 0 Å². The third kappa shape index (κ3) is 3.80. The lowest BCUT2D eigenvalue weighted by molar-refractivity contribution is 0.199. The SMILES string of the molecule is C[C@@H](O)c1ccc(OCc2ccc(Cl)cc2Cl)c(Cl)c1. The molecular formula is C15H13Cl3O2. The number of hydrogen-bond acceptors (Lipinski definition) is 2. The molecule has 2 rings (SSSR count). The van der Waals surface area contributed by atoms with Crippen LogP contribution in [0.3, 0.4) is 0 Å².